The molecule has 246 valence electrons. The van der Waals surface area contributed by atoms with Crippen molar-refractivity contribution in [1.29, 1.82) is 0 Å². The summed E-state index contributed by atoms with van der Waals surface area (Å²) in [5.74, 6) is 0.635. The van der Waals surface area contributed by atoms with Crippen molar-refractivity contribution in [3.05, 3.63) is 170 Å². The van der Waals surface area contributed by atoms with E-state index in [1.54, 1.807) is 0 Å². The highest BCUT2D eigenvalue weighted by Crippen LogP contribution is 2.40. The summed E-state index contributed by atoms with van der Waals surface area (Å²) in [7, 11) is 0. The van der Waals surface area contributed by atoms with Crippen LogP contribution in [0.2, 0.25) is 0 Å². The number of hydrogen-bond acceptors (Lipinski definition) is 3. The van der Waals surface area contributed by atoms with Gasteiger partial charge in [-0.3, -0.25) is 4.57 Å². The van der Waals surface area contributed by atoms with Gasteiger partial charge < -0.3 is 8.98 Å². The van der Waals surface area contributed by atoms with E-state index >= 15 is 0 Å². The highest BCUT2D eigenvalue weighted by atomic mass is 16.3. The number of furan rings is 1. The summed E-state index contributed by atoms with van der Waals surface area (Å²) in [5.41, 5.74) is 10.2. The second kappa shape index (κ2) is 10.6. The lowest BCUT2D eigenvalue weighted by Gasteiger charge is -2.14. The highest BCUT2D eigenvalue weighted by Gasteiger charge is 2.20. The van der Waals surface area contributed by atoms with Gasteiger partial charge in [-0.2, -0.15) is 0 Å². The Kier molecular flexibility index (Phi) is 5.71. The average molecular weight is 677 g/mol. The van der Waals surface area contributed by atoms with Gasteiger partial charge in [0, 0.05) is 48.7 Å². The third-order valence-corrected chi connectivity index (χ3v) is 10.9. The van der Waals surface area contributed by atoms with Crippen LogP contribution in [0.5, 0.6) is 0 Å². The number of fused-ring (bicyclic) bond motifs is 11. The maximum absolute atomic E-state index is 6.19. The molecule has 0 bridgehead atoms. The number of rotatable bonds is 3. The van der Waals surface area contributed by atoms with Crippen LogP contribution in [0.15, 0.2) is 174 Å². The minimum absolute atomic E-state index is 0.635. The molecule has 12 rings (SSSR count). The summed E-state index contributed by atoms with van der Waals surface area (Å²) >= 11 is 0. The molecule has 0 fully saturated rings. The largest absolute Gasteiger partial charge is 0.456 e. The second-order valence-corrected chi connectivity index (χ2v) is 13.8. The molecule has 0 atom stereocenters. The normalized spacial score (nSPS) is 12.2. The molecular weight excluding hydrogens is 649 g/mol. The number of aromatic nitrogens is 4. The molecule has 0 radical (unpaired) electrons. The predicted octanol–water partition coefficient (Wildman–Crippen LogP) is 12.5. The molecule has 0 spiro atoms. The van der Waals surface area contributed by atoms with Gasteiger partial charge in [-0.05, 0) is 72.1 Å². The third kappa shape index (κ3) is 4.02. The molecule has 0 N–H and O–H groups in total. The average Bonchev–Trinajstić information content (AvgIpc) is 3.87. The van der Waals surface area contributed by atoms with Crippen molar-refractivity contribution in [2.75, 3.05) is 0 Å². The van der Waals surface area contributed by atoms with Crippen molar-refractivity contribution in [2.24, 2.45) is 0 Å². The van der Waals surface area contributed by atoms with E-state index in [0.717, 1.165) is 77.0 Å². The molecule has 0 saturated carbocycles. The van der Waals surface area contributed by atoms with Crippen molar-refractivity contribution in [3.8, 4) is 22.9 Å². The minimum Gasteiger partial charge on any atom is -0.456 e. The van der Waals surface area contributed by atoms with E-state index in [2.05, 4.69) is 161 Å². The van der Waals surface area contributed by atoms with E-state index in [9.17, 15) is 0 Å². The standard InChI is InChI=1S/C48H28N4O/c1-6-18-39-35(17-1)47(30-24-25-46-38(27-30)34-16-5-10-23-45(34)53-46)50-48(49-39)52-42-21-9-4-15-33(42)37-26-29-12-11-22-43(36(29)28-44(37)52)51-40-19-7-2-13-31(40)32-14-3-8-20-41(32)51/h1-28H. The zero-order chi connectivity index (χ0) is 34.6. The number of benzene rings is 8. The monoisotopic (exact) mass is 676 g/mol. The molecule has 0 aliphatic heterocycles. The maximum atomic E-state index is 6.19. The molecular formula is C48H28N4O. The highest BCUT2D eigenvalue weighted by molar-refractivity contribution is 6.16. The number of nitrogens with zero attached hydrogens (tertiary/aromatic N) is 4. The van der Waals surface area contributed by atoms with Crippen LogP contribution < -0.4 is 0 Å². The zero-order valence-electron chi connectivity index (χ0n) is 28.4. The van der Waals surface area contributed by atoms with Crippen molar-refractivity contribution in [3.63, 3.8) is 0 Å². The Labute approximate surface area is 302 Å². The smallest absolute Gasteiger partial charge is 0.235 e. The van der Waals surface area contributed by atoms with Crippen molar-refractivity contribution in [2.45, 2.75) is 0 Å². The van der Waals surface area contributed by atoms with E-state index in [4.69, 9.17) is 14.4 Å². The fraction of sp³-hybridized carbons (Fsp3) is 0. The van der Waals surface area contributed by atoms with Crippen LogP contribution in [0.1, 0.15) is 0 Å². The first-order chi connectivity index (χ1) is 26.3. The van der Waals surface area contributed by atoms with E-state index in [-0.39, 0.29) is 0 Å². The molecule has 4 heterocycles. The van der Waals surface area contributed by atoms with Gasteiger partial charge in [-0.1, -0.05) is 103 Å². The van der Waals surface area contributed by atoms with Crippen molar-refractivity contribution >= 4 is 87.2 Å². The lowest BCUT2D eigenvalue weighted by Crippen LogP contribution is -2.03. The molecule has 5 heteroatoms. The Morgan fingerprint density at radius 3 is 1.77 bits per heavy atom. The van der Waals surface area contributed by atoms with Crippen LogP contribution in [0.3, 0.4) is 0 Å². The lowest BCUT2D eigenvalue weighted by atomic mass is 10.0. The first kappa shape index (κ1) is 28.5. The van der Waals surface area contributed by atoms with Gasteiger partial charge in [-0.25, -0.2) is 9.97 Å². The molecule has 0 amide bonds. The molecule has 0 aliphatic rings. The first-order valence-electron chi connectivity index (χ1n) is 17.9. The van der Waals surface area contributed by atoms with Crippen LogP contribution in [0.25, 0.3) is 110 Å². The van der Waals surface area contributed by atoms with Crippen LogP contribution >= 0.6 is 0 Å². The summed E-state index contributed by atoms with van der Waals surface area (Å²) in [6.07, 6.45) is 0. The van der Waals surface area contributed by atoms with Gasteiger partial charge in [-0.15, -0.1) is 0 Å². The maximum Gasteiger partial charge on any atom is 0.235 e. The molecule has 4 aromatic heterocycles. The Bertz CT molecular complexity index is 3420. The van der Waals surface area contributed by atoms with Crippen molar-refractivity contribution in [1.82, 2.24) is 19.1 Å². The summed E-state index contributed by atoms with van der Waals surface area (Å²) in [4.78, 5) is 10.7. The summed E-state index contributed by atoms with van der Waals surface area (Å²) in [5, 5.41) is 10.3. The summed E-state index contributed by atoms with van der Waals surface area (Å²) < 4.78 is 10.8. The molecule has 0 aliphatic carbocycles. The Morgan fingerprint density at radius 1 is 0.377 bits per heavy atom. The Morgan fingerprint density at radius 2 is 1.00 bits per heavy atom. The zero-order valence-corrected chi connectivity index (χ0v) is 28.4. The van der Waals surface area contributed by atoms with Crippen LogP contribution in [-0.4, -0.2) is 19.1 Å². The molecule has 8 aromatic carbocycles. The number of hydrogen-bond donors (Lipinski definition) is 0. The van der Waals surface area contributed by atoms with E-state index in [0.29, 0.717) is 5.95 Å². The van der Waals surface area contributed by atoms with Crippen molar-refractivity contribution < 1.29 is 4.42 Å². The topological polar surface area (TPSA) is 48.8 Å². The molecule has 5 nitrogen and oxygen atoms in total. The van der Waals surface area contributed by atoms with Crippen LogP contribution in [0, 0.1) is 0 Å². The second-order valence-electron chi connectivity index (χ2n) is 13.8. The van der Waals surface area contributed by atoms with Gasteiger partial charge in [0.25, 0.3) is 0 Å². The van der Waals surface area contributed by atoms with E-state index < -0.39 is 0 Å². The van der Waals surface area contributed by atoms with Gasteiger partial charge in [0.15, 0.2) is 0 Å². The van der Waals surface area contributed by atoms with Gasteiger partial charge in [0.2, 0.25) is 5.95 Å². The minimum atomic E-state index is 0.635. The van der Waals surface area contributed by atoms with Gasteiger partial charge in [0.05, 0.1) is 39.0 Å². The Hall–Kier alpha value is -7.24. The number of para-hydroxylation sites is 5. The van der Waals surface area contributed by atoms with Crippen LogP contribution in [-0.2, 0) is 0 Å². The van der Waals surface area contributed by atoms with Gasteiger partial charge in [0.1, 0.15) is 11.2 Å². The van der Waals surface area contributed by atoms with Crippen LogP contribution in [0.4, 0.5) is 0 Å². The Balaban J connectivity index is 1.16. The molecule has 53 heavy (non-hydrogen) atoms. The fourth-order valence-electron chi connectivity index (χ4n) is 8.57. The quantitative estimate of drug-likeness (QED) is 0.187. The summed E-state index contributed by atoms with van der Waals surface area (Å²) in [6, 6.07) is 60.2. The third-order valence-electron chi connectivity index (χ3n) is 10.9. The molecule has 0 unspecified atom stereocenters. The van der Waals surface area contributed by atoms with E-state index in [1.165, 1.54) is 27.2 Å². The lowest BCUT2D eigenvalue weighted by molar-refractivity contribution is 0.669. The summed E-state index contributed by atoms with van der Waals surface area (Å²) in [6.45, 7) is 0. The van der Waals surface area contributed by atoms with E-state index in [1.807, 2.05) is 18.2 Å². The molecule has 0 saturated heterocycles. The SMILES string of the molecule is c1cc(-n2c3ccccc3c3ccccc32)c2cc3c(cc2c1)c1ccccc1n3-c1nc(-c2ccc3oc4ccccc4c3c2)c2ccccc2n1. The first-order valence-corrected chi connectivity index (χ1v) is 17.9. The van der Waals surface area contributed by atoms with Gasteiger partial charge >= 0.3 is 0 Å². The predicted molar refractivity (Wildman–Crippen MR) is 218 cm³/mol. The fourth-order valence-corrected chi connectivity index (χ4v) is 8.57. The molecule has 12 aromatic rings.